The van der Waals surface area contributed by atoms with Gasteiger partial charge in [0, 0.05) is 6.54 Å². The molecule has 32 heavy (non-hydrogen) atoms. The standard InChI is InChI=1S/C23H27F3N2O4/c1-14(2)10-19(28-21(30)17-8-3-4-9-18(17)22(28)31)20(29)27-12-15-6-5-7-16(11-15)32-13-23(24,25)26/h3-7,11,14,17-19H,8-10,12-13H2,1-2H3,(H,27,29). The van der Waals surface area contributed by atoms with Crippen LogP contribution in [0.5, 0.6) is 5.75 Å². The average Bonchev–Trinajstić information content (AvgIpc) is 2.99. The number of imide groups is 1. The van der Waals surface area contributed by atoms with Crippen LogP contribution in [0.3, 0.4) is 0 Å². The highest BCUT2D eigenvalue weighted by Crippen LogP contribution is 2.37. The maximum absolute atomic E-state index is 13.0. The molecule has 1 aromatic carbocycles. The van der Waals surface area contributed by atoms with E-state index in [0.29, 0.717) is 24.8 Å². The van der Waals surface area contributed by atoms with Crippen molar-refractivity contribution in [3.05, 3.63) is 42.0 Å². The zero-order valence-electron chi connectivity index (χ0n) is 18.0. The Morgan fingerprint density at radius 2 is 1.78 bits per heavy atom. The number of halogens is 3. The van der Waals surface area contributed by atoms with E-state index in [9.17, 15) is 27.6 Å². The number of fused-ring (bicyclic) bond motifs is 1. The fourth-order valence-corrected chi connectivity index (χ4v) is 4.13. The van der Waals surface area contributed by atoms with E-state index in [4.69, 9.17) is 4.74 Å². The molecule has 9 heteroatoms. The first-order valence-electron chi connectivity index (χ1n) is 10.6. The number of hydrogen-bond donors (Lipinski definition) is 1. The molecule has 1 aromatic rings. The number of carbonyl (C=O) groups excluding carboxylic acids is 3. The summed E-state index contributed by atoms with van der Waals surface area (Å²) in [6.45, 7) is 2.43. The molecule has 174 valence electrons. The number of benzene rings is 1. The van der Waals surface area contributed by atoms with Gasteiger partial charge in [-0.05, 0) is 42.9 Å². The molecule has 3 rings (SSSR count). The number of carbonyl (C=O) groups is 3. The Morgan fingerprint density at radius 1 is 1.16 bits per heavy atom. The Kier molecular flexibility index (Phi) is 7.26. The second kappa shape index (κ2) is 9.75. The van der Waals surface area contributed by atoms with Crippen molar-refractivity contribution in [1.82, 2.24) is 10.2 Å². The number of likely N-dealkylation sites (tertiary alicyclic amines) is 1. The molecule has 3 amide bonds. The molecule has 3 unspecified atom stereocenters. The third-order valence-corrected chi connectivity index (χ3v) is 5.62. The fraction of sp³-hybridized carbons (Fsp3) is 0.522. The molecule has 2 aliphatic rings. The first-order chi connectivity index (χ1) is 15.1. The predicted molar refractivity (Wildman–Crippen MR) is 110 cm³/mol. The van der Waals surface area contributed by atoms with Crippen molar-refractivity contribution in [3.63, 3.8) is 0 Å². The molecule has 1 aliphatic heterocycles. The van der Waals surface area contributed by atoms with Gasteiger partial charge in [-0.25, -0.2) is 0 Å². The van der Waals surface area contributed by atoms with E-state index in [1.807, 2.05) is 26.0 Å². The van der Waals surface area contributed by atoms with E-state index < -0.39 is 36.6 Å². The Balaban J connectivity index is 1.68. The van der Waals surface area contributed by atoms with E-state index in [1.54, 1.807) is 6.07 Å². The van der Waals surface area contributed by atoms with E-state index >= 15 is 0 Å². The van der Waals surface area contributed by atoms with Crippen LogP contribution >= 0.6 is 0 Å². The SMILES string of the molecule is CC(C)CC(C(=O)NCc1cccc(OCC(F)(F)F)c1)N1C(=O)C2CC=CCC2C1=O. The van der Waals surface area contributed by atoms with Gasteiger partial charge in [-0.2, -0.15) is 13.2 Å². The molecule has 3 atom stereocenters. The van der Waals surface area contributed by atoms with Crippen LogP contribution in [0.4, 0.5) is 13.2 Å². The second-order valence-electron chi connectivity index (χ2n) is 8.62. The number of nitrogens with zero attached hydrogens (tertiary/aromatic N) is 1. The monoisotopic (exact) mass is 452 g/mol. The molecule has 0 bridgehead atoms. The molecular weight excluding hydrogens is 425 g/mol. The molecular formula is C23H27F3N2O4. The first-order valence-corrected chi connectivity index (χ1v) is 10.6. The predicted octanol–water partition coefficient (Wildman–Crippen LogP) is 3.61. The van der Waals surface area contributed by atoms with Crippen molar-refractivity contribution in [2.75, 3.05) is 6.61 Å². The molecule has 1 aliphatic carbocycles. The molecule has 1 heterocycles. The largest absolute Gasteiger partial charge is 0.484 e. The van der Waals surface area contributed by atoms with Crippen LogP contribution in [0.2, 0.25) is 0 Å². The summed E-state index contributed by atoms with van der Waals surface area (Å²) in [5.41, 5.74) is 0.540. The number of ether oxygens (including phenoxy) is 1. The van der Waals surface area contributed by atoms with Gasteiger partial charge >= 0.3 is 6.18 Å². The Morgan fingerprint density at radius 3 is 2.34 bits per heavy atom. The molecule has 1 saturated heterocycles. The Bertz CT molecular complexity index is 871. The lowest BCUT2D eigenvalue weighted by Gasteiger charge is -2.27. The minimum absolute atomic E-state index is 0.0290. The maximum atomic E-state index is 13.0. The van der Waals surface area contributed by atoms with Gasteiger partial charge in [0.05, 0.1) is 11.8 Å². The van der Waals surface area contributed by atoms with Gasteiger partial charge in [-0.15, -0.1) is 0 Å². The lowest BCUT2D eigenvalue weighted by Crippen LogP contribution is -2.50. The molecule has 0 aromatic heterocycles. The van der Waals surface area contributed by atoms with Crippen LogP contribution in [0.15, 0.2) is 36.4 Å². The number of rotatable bonds is 8. The highest BCUT2D eigenvalue weighted by molar-refractivity contribution is 6.08. The Hall–Kier alpha value is -2.84. The van der Waals surface area contributed by atoms with Crippen molar-refractivity contribution in [2.24, 2.45) is 17.8 Å². The molecule has 0 radical (unpaired) electrons. The summed E-state index contributed by atoms with van der Waals surface area (Å²) in [6.07, 6.45) is 0.641. The van der Waals surface area contributed by atoms with Crippen LogP contribution in [-0.2, 0) is 20.9 Å². The number of nitrogens with one attached hydrogen (secondary N) is 1. The summed E-state index contributed by atoms with van der Waals surface area (Å²) in [7, 11) is 0. The smallest absolute Gasteiger partial charge is 0.422 e. The van der Waals surface area contributed by atoms with E-state index in [-0.39, 0.29) is 30.0 Å². The molecule has 0 saturated carbocycles. The van der Waals surface area contributed by atoms with Crippen LogP contribution in [0.25, 0.3) is 0 Å². The van der Waals surface area contributed by atoms with Gasteiger partial charge in [0.15, 0.2) is 6.61 Å². The fourth-order valence-electron chi connectivity index (χ4n) is 4.13. The van der Waals surface area contributed by atoms with Crippen LogP contribution in [0, 0.1) is 17.8 Å². The third-order valence-electron chi connectivity index (χ3n) is 5.62. The molecule has 1 fully saturated rings. The highest BCUT2D eigenvalue weighted by atomic mass is 19.4. The summed E-state index contributed by atoms with van der Waals surface area (Å²) in [5, 5.41) is 2.72. The van der Waals surface area contributed by atoms with Crippen LogP contribution < -0.4 is 10.1 Å². The molecule has 1 N–H and O–H groups in total. The summed E-state index contributed by atoms with van der Waals surface area (Å²) < 4.78 is 41.8. The van der Waals surface area contributed by atoms with Gasteiger partial charge in [-0.1, -0.05) is 38.1 Å². The van der Waals surface area contributed by atoms with E-state index in [0.717, 1.165) is 4.90 Å². The minimum atomic E-state index is -4.45. The van der Waals surface area contributed by atoms with Gasteiger partial charge in [0.2, 0.25) is 17.7 Å². The summed E-state index contributed by atoms with van der Waals surface area (Å²) in [6, 6.07) is 5.06. The normalized spacial score (nSPS) is 21.6. The first kappa shape index (κ1) is 23.8. The van der Waals surface area contributed by atoms with Gasteiger partial charge < -0.3 is 10.1 Å². The summed E-state index contributed by atoms with van der Waals surface area (Å²) in [5.74, 6) is -1.83. The van der Waals surface area contributed by atoms with E-state index in [1.165, 1.54) is 18.2 Å². The Labute approximate surface area is 184 Å². The quantitative estimate of drug-likeness (QED) is 0.483. The topological polar surface area (TPSA) is 75.7 Å². The lowest BCUT2D eigenvalue weighted by molar-refractivity contribution is -0.153. The van der Waals surface area contributed by atoms with Crippen molar-refractivity contribution in [1.29, 1.82) is 0 Å². The number of amides is 3. The summed E-state index contributed by atoms with van der Waals surface area (Å²) in [4.78, 5) is 40.0. The number of hydrogen-bond acceptors (Lipinski definition) is 4. The van der Waals surface area contributed by atoms with Gasteiger partial charge in [0.1, 0.15) is 11.8 Å². The maximum Gasteiger partial charge on any atom is 0.422 e. The van der Waals surface area contributed by atoms with Gasteiger partial charge in [-0.3, -0.25) is 19.3 Å². The van der Waals surface area contributed by atoms with Crippen LogP contribution in [0.1, 0.15) is 38.7 Å². The highest BCUT2D eigenvalue weighted by Gasteiger charge is 2.51. The third kappa shape index (κ3) is 5.69. The van der Waals surface area contributed by atoms with Crippen molar-refractivity contribution in [2.45, 2.75) is 51.9 Å². The van der Waals surface area contributed by atoms with Crippen molar-refractivity contribution in [3.8, 4) is 5.75 Å². The second-order valence-corrected chi connectivity index (χ2v) is 8.62. The number of alkyl halides is 3. The molecule has 0 spiro atoms. The minimum Gasteiger partial charge on any atom is -0.484 e. The lowest BCUT2D eigenvalue weighted by atomic mass is 9.85. The average molecular weight is 452 g/mol. The zero-order chi connectivity index (χ0) is 23.5. The van der Waals surface area contributed by atoms with Gasteiger partial charge in [0.25, 0.3) is 0 Å². The molecule has 6 nitrogen and oxygen atoms in total. The number of allylic oxidation sites excluding steroid dienone is 2. The van der Waals surface area contributed by atoms with Crippen LogP contribution in [-0.4, -0.2) is 41.4 Å². The van der Waals surface area contributed by atoms with Crippen molar-refractivity contribution >= 4 is 17.7 Å². The zero-order valence-corrected chi connectivity index (χ0v) is 18.0. The summed E-state index contributed by atoms with van der Waals surface area (Å²) >= 11 is 0. The van der Waals surface area contributed by atoms with E-state index in [2.05, 4.69) is 5.32 Å². The van der Waals surface area contributed by atoms with Crippen molar-refractivity contribution < 1.29 is 32.3 Å².